The first kappa shape index (κ1) is 14.0. The molecule has 110 valence electrons. The Hall–Kier alpha value is -0.930. The molecule has 3 heteroatoms. The highest BCUT2D eigenvalue weighted by atomic mass is 15.2. The lowest BCUT2D eigenvalue weighted by molar-refractivity contribution is 0.241. The highest BCUT2D eigenvalue weighted by molar-refractivity contribution is 5.04. The Morgan fingerprint density at radius 2 is 1.80 bits per heavy atom. The number of nitrogens with zero attached hydrogens (tertiary/aromatic N) is 3. The van der Waals surface area contributed by atoms with E-state index < -0.39 is 0 Å². The molecule has 0 N–H and O–H groups in total. The van der Waals surface area contributed by atoms with E-state index >= 15 is 0 Å². The molecule has 0 radical (unpaired) electrons. The predicted octanol–water partition coefficient (Wildman–Crippen LogP) is 2.49. The van der Waals surface area contributed by atoms with Gasteiger partial charge in [0.2, 0.25) is 0 Å². The Kier molecular flexibility index (Phi) is 4.37. The van der Waals surface area contributed by atoms with E-state index in [1.807, 2.05) is 12.3 Å². The van der Waals surface area contributed by atoms with E-state index in [0.29, 0.717) is 0 Å². The fourth-order valence-electron chi connectivity index (χ4n) is 3.66. The molecule has 2 saturated heterocycles. The van der Waals surface area contributed by atoms with Crippen LogP contribution in [0.25, 0.3) is 0 Å². The highest BCUT2D eigenvalue weighted by Gasteiger charge is 2.39. The van der Waals surface area contributed by atoms with Gasteiger partial charge in [-0.2, -0.15) is 0 Å². The Morgan fingerprint density at radius 1 is 1.10 bits per heavy atom. The minimum Gasteiger partial charge on any atom is -0.303 e. The van der Waals surface area contributed by atoms with Gasteiger partial charge in [0.05, 0.1) is 5.69 Å². The van der Waals surface area contributed by atoms with E-state index in [-0.39, 0.29) is 0 Å². The summed E-state index contributed by atoms with van der Waals surface area (Å²) >= 11 is 0. The average molecular weight is 273 g/mol. The van der Waals surface area contributed by atoms with Crippen LogP contribution >= 0.6 is 0 Å². The van der Waals surface area contributed by atoms with Crippen LogP contribution in [0.2, 0.25) is 0 Å². The van der Waals surface area contributed by atoms with Crippen LogP contribution in [0.5, 0.6) is 0 Å². The van der Waals surface area contributed by atoms with Crippen LogP contribution in [0.3, 0.4) is 0 Å². The van der Waals surface area contributed by atoms with Gasteiger partial charge < -0.3 is 4.90 Å². The van der Waals surface area contributed by atoms with E-state index in [1.54, 1.807) is 0 Å². The molecule has 3 heterocycles. The molecular formula is C17H27N3. The second kappa shape index (κ2) is 6.23. The SMILES string of the molecule is CC(C)CCN1C[C@@H]2CN(Cc3ccccn3)C[C@@H]2C1. The van der Waals surface area contributed by atoms with Crippen molar-refractivity contribution in [1.82, 2.24) is 14.8 Å². The lowest BCUT2D eigenvalue weighted by Gasteiger charge is -2.21. The van der Waals surface area contributed by atoms with E-state index in [1.165, 1.54) is 44.8 Å². The molecule has 2 atom stereocenters. The number of hydrogen-bond acceptors (Lipinski definition) is 3. The molecule has 0 aromatic carbocycles. The first-order chi connectivity index (χ1) is 9.70. The second-order valence-corrected chi connectivity index (χ2v) is 6.98. The van der Waals surface area contributed by atoms with Crippen molar-refractivity contribution in [3.05, 3.63) is 30.1 Å². The number of pyridine rings is 1. The minimum absolute atomic E-state index is 0.830. The highest BCUT2D eigenvalue weighted by Crippen LogP contribution is 2.31. The predicted molar refractivity (Wildman–Crippen MR) is 82.4 cm³/mol. The third kappa shape index (κ3) is 3.39. The van der Waals surface area contributed by atoms with Gasteiger partial charge in [0.1, 0.15) is 0 Å². The summed E-state index contributed by atoms with van der Waals surface area (Å²) in [5.41, 5.74) is 1.21. The van der Waals surface area contributed by atoms with E-state index in [0.717, 1.165) is 24.3 Å². The number of fused-ring (bicyclic) bond motifs is 1. The summed E-state index contributed by atoms with van der Waals surface area (Å²) in [7, 11) is 0. The van der Waals surface area contributed by atoms with E-state index in [2.05, 4.69) is 40.8 Å². The van der Waals surface area contributed by atoms with Gasteiger partial charge in [0.25, 0.3) is 0 Å². The Balaban J connectivity index is 1.46. The summed E-state index contributed by atoms with van der Waals surface area (Å²) in [6.07, 6.45) is 3.25. The molecule has 0 saturated carbocycles. The normalized spacial score (nSPS) is 27.4. The van der Waals surface area contributed by atoms with Crippen molar-refractivity contribution in [2.45, 2.75) is 26.8 Å². The van der Waals surface area contributed by atoms with Gasteiger partial charge >= 0.3 is 0 Å². The average Bonchev–Trinajstić information content (AvgIpc) is 2.95. The molecule has 1 aromatic heterocycles. The zero-order valence-electron chi connectivity index (χ0n) is 12.8. The van der Waals surface area contributed by atoms with Gasteiger partial charge in [-0.05, 0) is 42.9 Å². The summed E-state index contributed by atoms with van der Waals surface area (Å²) in [5.74, 6) is 2.62. The fraction of sp³-hybridized carbons (Fsp3) is 0.706. The summed E-state index contributed by atoms with van der Waals surface area (Å²) in [6.45, 7) is 12.1. The summed E-state index contributed by atoms with van der Waals surface area (Å²) in [5, 5.41) is 0. The van der Waals surface area contributed by atoms with Gasteiger partial charge in [-0.3, -0.25) is 9.88 Å². The van der Waals surface area contributed by atoms with Crippen molar-refractivity contribution in [3.8, 4) is 0 Å². The van der Waals surface area contributed by atoms with Crippen LogP contribution < -0.4 is 0 Å². The molecule has 0 spiro atoms. The monoisotopic (exact) mass is 273 g/mol. The second-order valence-electron chi connectivity index (χ2n) is 6.98. The van der Waals surface area contributed by atoms with Crippen LogP contribution in [-0.2, 0) is 6.54 Å². The van der Waals surface area contributed by atoms with Gasteiger partial charge in [-0.15, -0.1) is 0 Å². The quantitative estimate of drug-likeness (QED) is 0.821. The van der Waals surface area contributed by atoms with Crippen LogP contribution in [-0.4, -0.2) is 47.5 Å². The van der Waals surface area contributed by atoms with Crippen LogP contribution in [0.15, 0.2) is 24.4 Å². The number of aromatic nitrogens is 1. The Morgan fingerprint density at radius 3 is 2.40 bits per heavy atom. The van der Waals surface area contributed by atoms with E-state index in [4.69, 9.17) is 0 Å². The van der Waals surface area contributed by atoms with Gasteiger partial charge in [0, 0.05) is 38.9 Å². The maximum Gasteiger partial charge on any atom is 0.0543 e. The molecule has 3 nitrogen and oxygen atoms in total. The molecule has 2 fully saturated rings. The largest absolute Gasteiger partial charge is 0.303 e. The first-order valence-corrected chi connectivity index (χ1v) is 8.05. The zero-order valence-corrected chi connectivity index (χ0v) is 12.8. The Labute approximate surface area is 123 Å². The maximum absolute atomic E-state index is 4.45. The topological polar surface area (TPSA) is 19.4 Å². The molecule has 0 bridgehead atoms. The fourth-order valence-corrected chi connectivity index (χ4v) is 3.66. The Bertz CT molecular complexity index is 404. The van der Waals surface area contributed by atoms with Gasteiger partial charge in [-0.1, -0.05) is 19.9 Å². The van der Waals surface area contributed by atoms with Crippen LogP contribution in [0, 0.1) is 17.8 Å². The van der Waals surface area contributed by atoms with Crippen molar-refractivity contribution in [2.75, 3.05) is 32.7 Å². The van der Waals surface area contributed by atoms with Crippen molar-refractivity contribution >= 4 is 0 Å². The molecule has 20 heavy (non-hydrogen) atoms. The van der Waals surface area contributed by atoms with Crippen molar-refractivity contribution in [3.63, 3.8) is 0 Å². The molecule has 0 amide bonds. The summed E-state index contributed by atoms with van der Waals surface area (Å²) in [4.78, 5) is 9.73. The lowest BCUT2D eigenvalue weighted by Crippen LogP contribution is -2.29. The molecule has 1 aromatic rings. The summed E-state index contributed by atoms with van der Waals surface area (Å²) < 4.78 is 0. The zero-order chi connectivity index (χ0) is 13.9. The van der Waals surface area contributed by atoms with E-state index in [9.17, 15) is 0 Å². The minimum atomic E-state index is 0.830. The lowest BCUT2D eigenvalue weighted by atomic mass is 10.0. The molecule has 0 unspecified atom stereocenters. The van der Waals surface area contributed by atoms with Crippen molar-refractivity contribution in [1.29, 1.82) is 0 Å². The molecule has 2 aliphatic heterocycles. The van der Waals surface area contributed by atoms with Crippen molar-refractivity contribution in [2.24, 2.45) is 17.8 Å². The number of hydrogen-bond donors (Lipinski definition) is 0. The molecule has 2 aliphatic rings. The number of rotatable bonds is 5. The third-order valence-corrected chi connectivity index (χ3v) is 4.77. The van der Waals surface area contributed by atoms with Crippen LogP contribution in [0.1, 0.15) is 26.0 Å². The number of likely N-dealkylation sites (tertiary alicyclic amines) is 2. The first-order valence-electron chi connectivity index (χ1n) is 8.05. The maximum atomic E-state index is 4.45. The summed E-state index contributed by atoms with van der Waals surface area (Å²) in [6, 6.07) is 6.23. The van der Waals surface area contributed by atoms with Gasteiger partial charge in [0.15, 0.2) is 0 Å². The van der Waals surface area contributed by atoms with Crippen LogP contribution in [0.4, 0.5) is 0 Å². The van der Waals surface area contributed by atoms with Crippen molar-refractivity contribution < 1.29 is 0 Å². The van der Waals surface area contributed by atoms with Gasteiger partial charge in [-0.25, -0.2) is 0 Å². The molecular weight excluding hydrogens is 246 g/mol. The standard InChI is InChI=1S/C17H27N3/c1-14(2)6-8-19-9-15-11-20(12-16(15)10-19)13-17-5-3-4-7-18-17/h3-5,7,14-16H,6,8-13H2,1-2H3/t15-,16+. The molecule has 3 rings (SSSR count). The molecule has 0 aliphatic carbocycles. The third-order valence-electron chi connectivity index (χ3n) is 4.77. The smallest absolute Gasteiger partial charge is 0.0543 e.